The topological polar surface area (TPSA) is 31.5 Å². The quantitative estimate of drug-likeness (QED) is 0.322. The molecular formula is H3CuLiOZn. The fourth-order valence-electron chi connectivity index (χ4n) is 0. The summed E-state index contributed by atoms with van der Waals surface area (Å²) in [4.78, 5) is 0. The Bertz CT molecular complexity index is 11.6. The van der Waals surface area contributed by atoms with Crippen LogP contribution in [0.2, 0.25) is 0 Å². The Morgan fingerprint density at radius 1 is 1.25 bits per heavy atom. The van der Waals surface area contributed by atoms with Crippen molar-refractivity contribution in [3.05, 3.63) is 0 Å². The monoisotopic (exact) mass is 153 g/mol. The zero-order chi connectivity index (χ0) is 0. The van der Waals surface area contributed by atoms with Crippen molar-refractivity contribution in [3.8, 4) is 0 Å². The maximum atomic E-state index is 0. The molecule has 0 spiro atoms. The molecule has 1 nitrogen and oxygen atoms in total. The second-order valence-corrected chi connectivity index (χ2v) is 0. The minimum Gasteiger partial charge on any atom is -1.00 e. The summed E-state index contributed by atoms with van der Waals surface area (Å²) in [6.45, 7) is 0. The van der Waals surface area contributed by atoms with Crippen LogP contribution in [0.4, 0.5) is 0 Å². The molecule has 0 rings (SSSR count). The Hall–Kier alpha value is 1.70. The third-order valence-electron chi connectivity index (χ3n) is 0. The van der Waals surface area contributed by atoms with Gasteiger partial charge in [-0.1, -0.05) is 0 Å². The molecule has 23 valence electrons. The van der Waals surface area contributed by atoms with E-state index in [0.717, 1.165) is 0 Å². The van der Waals surface area contributed by atoms with Crippen molar-refractivity contribution in [1.29, 1.82) is 0 Å². The van der Waals surface area contributed by atoms with E-state index in [4.69, 9.17) is 0 Å². The van der Waals surface area contributed by atoms with Crippen molar-refractivity contribution >= 4 is 0 Å². The van der Waals surface area contributed by atoms with Crippen LogP contribution >= 0.6 is 0 Å². The van der Waals surface area contributed by atoms with Gasteiger partial charge in [0.15, 0.2) is 0 Å². The summed E-state index contributed by atoms with van der Waals surface area (Å²) >= 11 is 0. The summed E-state index contributed by atoms with van der Waals surface area (Å²) in [6.07, 6.45) is 0. The Kier molecular flexibility index (Phi) is 242. The summed E-state index contributed by atoms with van der Waals surface area (Å²) in [5.74, 6) is 0. The largest absolute Gasteiger partial charge is 1.00 e. The van der Waals surface area contributed by atoms with Crippen molar-refractivity contribution in [2.45, 2.75) is 0 Å². The third-order valence-corrected chi connectivity index (χ3v) is 0. The maximum absolute atomic E-state index is 0. The Morgan fingerprint density at radius 2 is 1.25 bits per heavy atom. The number of hydrogen-bond donors (Lipinski definition) is 0. The molecule has 0 aliphatic rings. The first kappa shape index (κ1) is 43.6. The van der Waals surface area contributed by atoms with Crippen molar-refractivity contribution < 1.29 is 62.3 Å². The molecule has 2 N–H and O–H groups in total. The molecule has 4 heteroatoms. The van der Waals surface area contributed by atoms with E-state index in [2.05, 4.69) is 0 Å². The number of rotatable bonds is 0. The van der Waals surface area contributed by atoms with Crippen molar-refractivity contribution in [2.75, 3.05) is 0 Å². The molecule has 1 radical (unpaired) electrons. The van der Waals surface area contributed by atoms with Gasteiger partial charge >= 0.3 is 18.9 Å². The van der Waals surface area contributed by atoms with Crippen molar-refractivity contribution in [1.82, 2.24) is 0 Å². The SMILES string of the molecule is O.[Cu].[H-].[Li+].[Zn]. The normalized spacial score (nSPS) is 0. The molecule has 0 unspecified atom stereocenters. The molecule has 4 heavy (non-hydrogen) atoms. The molecule has 0 aromatic heterocycles. The third kappa shape index (κ3) is 9.33. The van der Waals surface area contributed by atoms with Crippen LogP contribution in [0.15, 0.2) is 0 Å². The molecule has 0 aromatic carbocycles. The van der Waals surface area contributed by atoms with E-state index in [-0.39, 0.29) is 62.3 Å². The average molecular weight is 155 g/mol. The predicted molar refractivity (Wildman–Crippen MR) is 4.73 cm³/mol. The fourth-order valence-corrected chi connectivity index (χ4v) is 0. The van der Waals surface area contributed by atoms with E-state index in [1.54, 1.807) is 0 Å². The molecule has 0 bridgehead atoms. The second kappa shape index (κ2) is 22.3. The minimum absolute atomic E-state index is 0. The van der Waals surface area contributed by atoms with E-state index in [1.165, 1.54) is 0 Å². The van der Waals surface area contributed by atoms with Gasteiger partial charge in [0.2, 0.25) is 0 Å². The molecule has 0 aliphatic heterocycles. The van der Waals surface area contributed by atoms with E-state index in [9.17, 15) is 0 Å². The van der Waals surface area contributed by atoms with Crippen LogP contribution in [0.3, 0.4) is 0 Å². The summed E-state index contributed by atoms with van der Waals surface area (Å²) in [6, 6.07) is 0. The predicted octanol–water partition coefficient (Wildman–Crippen LogP) is -3.71. The van der Waals surface area contributed by atoms with E-state index in [1.807, 2.05) is 0 Å². The van der Waals surface area contributed by atoms with Gasteiger partial charge in [-0.2, -0.15) is 0 Å². The van der Waals surface area contributed by atoms with Crippen LogP contribution in [0.5, 0.6) is 0 Å². The van der Waals surface area contributed by atoms with Crippen LogP contribution in [0.25, 0.3) is 0 Å². The summed E-state index contributed by atoms with van der Waals surface area (Å²) in [7, 11) is 0. The van der Waals surface area contributed by atoms with Crippen molar-refractivity contribution in [3.63, 3.8) is 0 Å². The van der Waals surface area contributed by atoms with Crippen molar-refractivity contribution in [2.24, 2.45) is 0 Å². The molecule has 0 saturated heterocycles. The minimum atomic E-state index is 0. The van der Waals surface area contributed by atoms with Gasteiger partial charge in [0, 0.05) is 36.5 Å². The van der Waals surface area contributed by atoms with Gasteiger partial charge < -0.3 is 6.90 Å². The molecule has 0 aliphatic carbocycles. The average Bonchev–Trinajstić information content (AvgIpc) is 0. The summed E-state index contributed by atoms with van der Waals surface area (Å²) in [5, 5.41) is 0. The zero-order valence-electron chi connectivity index (χ0n) is 3.51. The zero-order valence-corrected chi connectivity index (χ0v) is 6.42. The molecule has 0 amide bonds. The maximum Gasteiger partial charge on any atom is 1.00 e. The molecule has 0 heterocycles. The van der Waals surface area contributed by atoms with Gasteiger partial charge in [-0.05, 0) is 0 Å². The van der Waals surface area contributed by atoms with Gasteiger partial charge in [0.05, 0.1) is 0 Å². The summed E-state index contributed by atoms with van der Waals surface area (Å²) in [5.41, 5.74) is 0. The first-order valence-electron chi connectivity index (χ1n) is 0. The number of hydrogen-bond acceptors (Lipinski definition) is 0. The van der Waals surface area contributed by atoms with Gasteiger partial charge in [0.1, 0.15) is 0 Å². The first-order chi connectivity index (χ1) is 0. The molecule has 0 fully saturated rings. The van der Waals surface area contributed by atoms with Gasteiger partial charge in [0.25, 0.3) is 0 Å². The second-order valence-electron chi connectivity index (χ2n) is 0. The van der Waals surface area contributed by atoms with E-state index < -0.39 is 0 Å². The molecular weight excluding hydrogens is 152 g/mol. The van der Waals surface area contributed by atoms with E-state index >= 15 is 0 Å². The van der Waals surface area contributed by atoms with E-state index in [0.29, 0.717) is 0 Å². The molecule has 0 aromatic rings. The first-order valence-corrected chi connectivity index (χ1v) is 0. The fraction of sp³-hybridized carbons (Fsp3) is 0. The van der Waals surface area contributed by atoms with Crippen LogP contribution in [0.1, 0.15) is 1.43 Å². The standard InChI is InChI=1S/Cu.Li.H2O.Zn.H/h;;1H2;;/q;+1;;;-1. The van der Waals surface area contributed by atoms with Gasteiger partial charge in [-0.15, -0.1) is 0 Å². The molecule has 0 atom stereocenters. The van der Waals surface area contributed by atoms with Crippen LogP contribution in [0, 0.1) is 0 Å². The van der Waals surface area contributed by atoms with Crippen LogP contribution < -0.4 is 18.9 Å². The van der Waals surface area contributed by atoms with Crippen LogP contribution in [-0.2, 0) is 36.5 Å². The smallest absolute Gasteiger partial charge is 1.00 e. The molecule has 0 saturated carbocycles. The van der Waals surface area contributed by atoms with Gasteiger partial charge in [-0.25, -0.2) is 0 Å². The summed E-state index contributed by atoms with van der Waals surface area (Å²) < 4.78 is 0. The Labute approximate surface area is 62.1 Å². The Morgan fingerprint density at radius 3 is 1.25 bits per heavy atom. The Balaban J connectivity index is 0. The van der Waals surface area contributed by atoms with Gasteiger partial charge in [-0.3, -0.25) is 0 Å². The van der Waals surface area contributed by atoms with Crippen LogP contribution in [-0.4, -0.2) is 5.48 Å².